The van der Waals surface area contributed by atoms with Gasteiger partial charge in [-0.15, -0.1) is 0 Å². The molecule has 1 heterocycles. The highest BCUT2D eigenvalue weighted by atomic mass is 16.5. The Balaban J connectivity index is 1.61. The van der Waals surface area contributed by atoms with Crippen LogP contribution in [0.15, 0.2) is 82.0 Å². The molecule has 5 heteroatoms. The molecule has 29 heavy (non-hydrogen) atoms. The van der Waals surface area contributed by atoms with E-state index in [1.807, 2.05) is 30.3 Å². The summed E-state index contributed by atoms with van der Waals surface area (Å²) in [6.45, 7) is 2.43. The van der Waals surface area contributed by atoms with E-state index in [1.165, 1.54) is 6.07 Å². The van der Waals surface area contributed by atoms with Gasteiger partial charge in [0.15, 0.2) is 0 Å². The van der Waals surface area contributed by atoms with Crippen LogP contribution < -0.4 is 10.4 Å². The van der Waals surface area contributed by atoms with Gasteiger partial charge in [0.2, 0.25) is 0 Å². The summed E-state index contributed by atoms with van der Waals surface area (Å²) >= 11 is 0. The summed E-state index contributed by atoms with van der Waals surface area (Å²) in [7, 11) is 0. The zero-order chi connectivity index (χ0) is 20.4. The van der Waals surface area contributed by atoms with Crippen LogP contribution in [0.4, 0.5) is 0 Å². The number of benzene rings is 3. The average Bonchev–Trinajstić information content (AvgIpc) is 2.73. The van der Waals surface area contributed by atoms with Crippen molar-refractivity contribution in [2.45, 2.75) is 13.5 Å². The number of fused-ring (bicyclic) bond motifs is 1. The van der Waals surface area contributed by atoms with Gasteiger partial charge in [0.1, 0.15) is 23.5 Å². The molecule has 0 radical (unpaired) electrons. The summed E-state index contributed by atoms with van der Waals surface area (Å²) in [5.74, 6) is -0.757. The van der Waals surface area contributed by atoms with Gasteiger partial charge in [-0.3, -0.25) is 0 Å². The number of rotatable bonds is 5. The largest absolute Gasteiger partial charge is 0.489 e. The van der Waals surface area contributed by atoms with Crippen molar-refractivity contribution in [3.8, 4) is 16.9 Å². The van der Waals surface area contributed by atoms with Crippen molar-refractivity contribution in [3.63, 3.8) is 0 Å². The number of ether oxygens (including phenoxy) is 1. The third-order valence-electron chi connectivity index (χ3n) is 4.86. The van der Waals surface area contributed by atoms with Crippen LogP contribution in [0.1, 0.15) is 21.5 Å². The zero-order valence-electron chi connectivity index (χ0n) is 15.7. The molecule has 0 bridgehead atoms. The Bertz CT molecular complexity index is 1260. The van der Waals surface area contributed by atoms with E-state index >= 15 is 0 Å². The quantitative estimate of drug-likeness (QED) is 0.486. The fourth-order valence-electron chi connectivity index (χ4n) is 3.27. The number of hydrogen-bond acceptors (Lipinski definition) is 4. The molecule has 0 aliphatic carbocycles. The second-order valence-corrected chi connectivity index (χ2v) is 6.70. The lowest BCUT2D eigenvalue weighted by Gasteiger charge is -2.13. The maximum Gasteiger partial charge on any atom is 0.351 e. The highest BCUT2D eigenvalue weighted by Gasteiger charge is 2.13. The molecule has 1 N–H and O–H groups in total. The molecule has 0 unspecified atom stereocenters. The van der Waals surface area contributed by atoms with Crippen LogP contribution in [0.25, 0.3) is 22.1 Å². The first-order valence-corrected chi connectivity index (χ1v) is 9.11. The Hall–Kier alpha value is -3.86. The number of carboxylic acid groups (broad SMARTS) is 1. The fraction of sp³-hybridized carbons (Fsp3) is 0.0833. The lowest BCUT2D eigenvalue weighted by molar-refractivity contribution is 0.0692. The minimum atomic E-state index is -1.32. The summed E-state index contributed by atoms with van der Waals surface area (Å²) in [6, 6.07) is 22.5. The summed E-state index contributed by atoms with van der Waals surface area (Å²) in [4.78, 5) is 22.8. The van der Waals surface area contributed by atoms with Gasteiger partial charge < -0.3 is 14.3 Å². The van der Waals surface area contributed by atoms with Gasteiger partial charge in [0, 0.05) is 5.39 Å². The Labute approximate surface area is 166 Å². The Morgan fingerprint density at radius 2 is 1.79 bits per heavy atom. The van der Waals surface area contributed by atoms with Gasteiger partial charge in [-0.05, 0) is 53.4 Å². The van der Waals surface area contributed by atoms with Crippen LogP contribution in [0.3, 0.4) is 0 Å². The second-order valence-electron chi connectivity index (χ2n) is 6.70. The summed E-state index contributed by atoms with van der Waals surface area (Å²) in [6.07, 6.45) is 0. The van der Waals surface area contributed by atoms with Gasteiger partial charge in [-0.1, -0.05) is 48.5 Å². The normalized spacial score (nSPS) is 10.8. The molecule has 0 atom stereocenters. The maximum absolute atomic E-state index is 11.7. The molecular weight excluding hydrogens is 368 g/mol. The van der Waals surface area contributed by atoms with Crippen molar-refractivity contribution in [2.75, 3.05) is 0 Å². The predicted octanol–water partition coefficient (Wildman–Crippen LogP) is 5.05. The Morgan fingerprint density at radius 1 is 1.00 bits per heavy atom. The molecule has 1 aromatic heterocycles. The second kappa shape index (κ2) is 7.64. The van der Waals surface area contributed by atoms with Gasteiger partial charge in [-0.25, -0.2) is 9.59 Å². The van der Waals surface area contributed by atoms with Gasteiger partial charge in [-0.2, -0.15) is 0 Å². The molecule has 0 saturated carbocycles. The lowest BCUT2D eigenvalue weighted by Crippen LogP contribution is -2.12. The molecule has 144 valence electrons. The smallest absolute Gasteiger partial charge is 0.351 e. The first-order chi connectivity index (χ1) is 14.0. The third-order valence-corrected chi connectivity index (χ3v) is 4.86. The van der Waals surface area contributed by atoms with Crippen LogP contribution in [-0.2, 0) is 6.61 Å². The van der Waals surface area contributed by atoms with Crippen LogP contribution in [0, 0.1) is 6.92 Å². The standard InChI is InChI=1S/C24H18O5/c1-15-17(8-5-9-20(15)16-6-3-2-4-7-16)14-28-19-10-11-22-18(12-19)13-21(23(25)26)24(27)29-22/h2-13H,14H2,1H3,(H,25,26). The van der Waals surface area contributed by atoms with Crippen LogP contribution in [0.2, 0.25) is 0 Å². The molecule has 4 aromatic rings. The monoisotopic (exact) mass is 386 g/mol. The predicted molar refractivity (Wildman–Crippen MR) is 110 cm³/mol. The van der Waals surface area contributed by atoms with Crippen molar-refractivity contribution in [3.05, 3.63) is 99.9 Å². The number of hydrogen-bond donors (Lipinski definition) is 1. The van der Waals surface area contributed by atoms with Crippen molar-refractivity contribution in [2.24, 2.45) is 0 Å². The van der Waals surface area contributed by atoms with E-state index in [1.54, 1.807) is 18.2 Å². The molecule has 0 aliphatic heterocycles. The van der Waals surface area contributed by atoms with Crippen molar-refractivity contribution in [1.82, 2.24) is 0 Å². The number of carboxylic acids is 1. The van der Waals surface area contributed by atoms with E-state index in [-0.39, 0.29) is 0 Å². The van der Waals surface area contributed by atoms with Crippen molar-refractivity contribution in [1.29, 1.82) is 0 Å². The van der Waals surface area contributed by atoms with E-state index < -0.39 is 17.2 Å². The van der Waals surface area contributed by atoms with Gasteiger partial charge in [0.05, 0.1) is 0 Å². The molecule has 0 amide bonds. The van der Waals surface area contributed by atoms with Gasteiger partial charge in [0.25, 0.3) is 0 Å². The van der Waals surface area contributed by atoms with E-state index in [4.69, 9.17) is 14.3 Å². The van der Waals surface area contributed by atoms with E-state index in [2.05, 4.69) is 25.1 Å². The summed E-state index contributed by atoms with van der Waals surface area (Å²) < 4.78 is 11.0. The molecule has 0 saturated heterocycles. The van der Waals surface area contributed by atoms with Crippen LogP contribution >= 0.6 is 0 Å². The van der Waals surface area contributed by atoms with Gasteiger partial charge >= 0.3 is 11.6 Å². The number of carbonyl (C=O) groups is 1. The Morgan fingerprint density at radius 3 is 2.55 bits per heavy atom. The van der Waals surface area contributed by atoms with Crippen LogP contribution in [0.5, 0.6) is 5.75 Å². The molecule has 0 spiro atoms. The topological polar surface area (TPSA) is 76.7 Å². The molecule has 0 aliphatic rings. The lowest BCUT2D eigenvalue weighted by atomic mass is 9.97. The molecular formula is C24H18O5. The Kier molecular flexibility index (Phi) is 4.87. The maximum atomic E-state index is 11.7. The van der Waals surface area contributed by atoms with Crippen molar-refractivity contribution < 1.29 is 19.1 Å². The average molecular weight is 386 g/mol. The minimum Gasteiger partial charge on any atom is -0.489 e. The molecule has 0 fully saturated rings. The highest BCUT2D eigenvalue weighted by molar-refractivity contribution is 5.91. The third kappa shape index (κ3) is 3.75. The highest BCUT2D eigenvalue weighted by Crippen LogP contribution is 2.27. The van der Waals surface area contributed by atoms with E-state index in [0.717, 1.165) is 22.3 Å². The first-order valence-electron chi connectivity index (χ1n) is 9.11. The van der Waals surface area contributed by atoms with Crippen molar-refractivity contribution >= 4 is 16.9 Å². The first kappa shape index (κ1) is 18.5. The summed E-state index contributed by atoms with van der Waals surface area (Å²) in [5, 5.41) is 9.60. The minimum absolute atomic E-state index is 0.314. The molecule has 4 rings (SSSR count). The SMILES string of the molecule is Cc1c(COc2ccc3oc(=O)c(C(=O)O)cc3c2)cccc1-c1ccccc1. The van der Waals surface area contributed by atoms with E-state index in [0.29, 0.717) is 23.3 Å². The fourth-order valence-corrected chi connectivity index (χ4v) is 3.27. The van der Waals surface area contributed by atoms with Crippen LogP contribution in [-0.4, -0.2) is 11.1 Å². The van der Waals surface area contributed by atoms with E-state index in [9.17, 15) is 9.59 Å². The zero-order valence-corrected chi connectivity index (χ0v) is 15.7. The molecule has 5 nitrogen and oxygen atoms in total. The number of aromatic carboxylic acids is 1. The molecule has 3 aromatic carbocycles. The summed E-state index contributed by atoms with van der Waals surface area (Å²) in [5.41, 5.74) is 3.53.